The van der Waals surface area contributed by atoms with Crippen LogP contribution >= 0.6 is 11.3 Å². The SMILES string of the molecule is CC(C)c1ccc2c(-c3[c-]ccc4c3-c3sc5ccccc5c3C4(C)C)nccc2c1.CCC(C)(CC)C(=O)/C=C(\O)C(C)(CC)CC.[Ir]. The monoisotopic (exact) mass is 851 g/mol. The molecule has 0 saturated heterocycles. The van der Waals surface area contributed by atoms with Gasteiger partial charge >= 0.3 is 0 Å². The number of carbonyl (C=O) groups excluding carboxylic acids is 1. The molecule has 0 unspecified atom stereocenters. The second kappa shape index (κ2) is 15.0. The molecule has 6 rings (SSSR count). The van der Waals surface area contributed by atoms with Crippen molar-refractivity contribution in [2.75, 3.05) is 0 Å². The van der Waals surface area contributed by atoms with Crippen LogP contribution in [0.15, 0.2) is 78.7 Å². The first kappa shape index (κ1) is 38.7. The van der Waals surface area contributed by atoms with Crippen LogP contribution in [0.4, 0.5) is 0 Å². The third-order valence-corrected chi connectivity index (χ3v) is 12.6. The minimum atomic E-state index is -0.337. The average molecular weight is 851 g/mol. The summed E-state index contributed by atoms with van der Waals surface area (Å²) in [6, 6.07) is 25.6. The predicted octanol–water partition coefficient (Wildman–Crippen LogP) is 13.0. The van der Waals surface area contributed by atoms with Crippen LogP contribution in [-0.4, -0.2) is 15.9 Å². The van der Waals surface area contributed by atoms with Crippen LogP contribution in [0.5, 0.6) is 0 Å². The standard InChI is InChI=1S/C29H24NS.C15H28O2.Ir/c1-17(2)18-12-13-20-19(16-18)14-15-30-27(20)22-9-7-10-23-25(22)28-26(29(23,3)4)21-8-5-6-11-24(21)31-28;1-7-14(5,8-2)12(16)11-13(17)15(6,9-3)10-4;/h5-8,10-17H,1-4H3;11,16H,7-10H2,1-6H3;/q-1;;/b;12-11-;. The molecule has 5 heteroatoms. The molecule has 1 radical (unpaired) electrons. The number of carbonyl (C=O) groups is 1. The fourth-order valence-corrected chi connectivity index (χ4v) is 8.28. The fraction of sp³-hybridized carbons (Fsp3) is 0.409. The van der Waals surface area contributed by atoms with Crippen molar-refractivity contribution in [3.05, 3.63) is 101 Å². The zero-order valence-corrected chi connectivity index (χ0v) is 34.1. The van der Waals surface area contributed by atoms with Crippen LogP contribution in [0.3, 0.4) is 0 Å². The quantitative estimate of drug-likeness (QED) is 0.0913. The number of aromatic nitrogens is 1. The number of allylic oxidation sites excluding steroid dienone is 2. The molecule has 1 aliphatic rings. The number of thiophene rings is 1. The maximum atomic E-state index is 12.2. The largest absolute Gasteiger partial charge is 0.512 e. The molecule has 3 nitrogen and oxygen atoms in total. The van der Waals surface area contributed by atoms with Gasteiger partial charge in [-0.3, -0.25) is 4.79 Å². The van der Waals surface area contributed by atoms with E-state index >= 15 is 0 Å². The van der Waals surface area contributed by atoms with Crippen molar-refractivity contribution >= 4 is 38.0 Å². The Kier molecular flexibility index (Phi) is 11.9. The van der Waals surface area contributed by atoms with Gasteiger partial charge in [0.2, 0.25) is 0 Å². The van der Waals surface area contributed by atoms with Gasteiger partial charge in [-0.25, -0.2) is 0 Å². The fourth-order valence-electron chi connectivity index (χ4n) is 6.86. The smallest absolute Gasteiger partial charge is 0.164 e. The number of aliphatic hydroxyl groups is 1. The first-order valence-corrected chi connectivity index (χ1v) is 18.5. The minimum absolute atomic E-state index is 0. The Bertz CT molecular complexity index is 1990. The molecule has 1 N–H and O–H groups in total. The summed E-state index contributed by atoms with van der Waals surface area (Å²) in [6.07, 6.45) is 6.70. The van der Waals surface area contributed by atoms with E-state index in [1.807, 2.05) is 59.1 Å². The van der Waals surface area contributed by atoms with Crippen molar-refractivity contribution < 1.29 is 30.0 Å². The Morgan fingerprint density at radius 2 is 1.59 bits per heavy atom. The summed E-state index contributed by atoms with van der Waals surface area (Å²) < 4.78 is 1.36. The van der Waals surface area contributed by atoms with Gasteiger partial charge in [-0.2, -0.15) is 0 Å². The molecule has 0 bridgehead atoms. The number of ketones is 1. The Balaban J connectivity index is 0.000000260. The van der Waals surface area contributed by atoms with Gasteiger partial charge in [0, 0.05) is 47.9 Å². The number of hydrogen-bond acceptors (Lipinski definition) is 4. The third kappa shape index (κ3) is 6.96. The van der Waals surface area contributed by atoms with Gasteiger partial charge in [0.25, 0.3) is 0 Å². The van der Waals surface area contributed by atoms with E-state index in [-0.39, 0.29) is 47.9 Å². The van der Waals surface area contributed by atoms with E-state index in [2.05, 4.69) is 94.4 Å². The number of rotatable bonds is 9. The van der Waals surface area contributed by atoms with E-state index in [0.29, 0.717) is 5.92 Å². The summed E-state index contributed by atoms with van der Waals surface area (Å²) in [6.45, 7) is 21.3. The normalized spacial score (nSPS) is 13.9. The van der Waals surface area contributed by atoms with E-state index in [1.165, 1.54) is 54.1 Å². The third-order valence-electron chi connectivity index (χ3n) is 11.4. The Hall–Kier alpha value is -3.11. The number of benzene rings is 3. The molecule has 1 aliphatic carbocycles. The zero-order chi connectivity index (χ0) is 35.0. The van der Waals surface area contributed by atoms with Gasteiger partial charge in [-0.15, -0.1) is 40.7 Å². The van der Waals surface area contributed by atoms with E-state index in [9.17, 15) is 9.90 Å². The molecule has 261 valence electrons. The van der Waals surface area contributed by atoms with Crippen molar-refractivity contribution in [2.45, 2.75) is 106 Å². The second-order valence-corrected chi connectivity index (χ2v) is 15.8. The van der Waals surface area contributed by atoms with Crippen LogP contribution in [0.2, 0.25) is 0 Å². The average Bonchev–Trinajstić information content (AvgIpc) is 3.60. The second-order valence-electron chi connectivity index (χ2n) is 14.8. The molecule has 5 aromatic rings. The van der Waals surface area contributed by atoms with Crippen molar-refractivity contribution in [2.24, 2.45) is 10.8 Å². The summed E-state index contributed by atoms with van der Waals surface area (Å²) in [5.41, 5.74) is 7.02. The Morgan fingerprint density at radius 1 is 0.939 bits per heavy atom. The van der Waals surface area contributed by atoms with Crippen LogP contribution in [-0.2, 0) is 30.3 Å². The number of nitrogens with zero attached hydrogens (tertiary/aromatic N) is 1. The van der Waals surface area contributed by atoms with Crippen LogP contribution in [0, 0.1) is 16.9 Å². The molecular formula is C44H52IrNO2S-. The summed E-state index contributed by atoms with van der Waals surface area (Å²) in [4.78, 5) is 18.4. The van der Waals surface area contributed by atoms with Gasteiger partial charge in [-0.1, -0.05) is 111 Å². The maximum absolute atomic E-state index is 12.2. The Labute approximate surface area is 311 Å². The molecule has 2 aromatic heterocycles. The van der Waals surface area contributed by atoms with E-state index in [4.69, 9.17) is 4.98 Å². The molecule has 3 aromatic carbocycles. The minimum Gasteiger partial charge on any atom is -0.512 e. The number of fused-ring (bicyclic) bond motifs is 6. The molecule has 2 heterocycles. The summed E-state index contributed by atoms with van der Waals surface area (Å²) in [7, 11) is 0. The zero-order valence-electron chi connectivity index (χ0n) is 30.9. The van der Waals surface area contributed by atoms with Gasteiger partial charge < -0.3 is 10.1 Å². The summed E-state index contributed by atoms with van der Waals surface area (Å²) in [5.74, 6) is 0.796. The topological polar surface area (TPSA) is 50.2 Å². The van der Waals surface area contributed by atoms with Crippen molar-refractivity contribution in [1.29, 1.82) is 0 Å². The summed E-state index contributed by atoms with van der Waals surface area (Å²) >= 11 is 1.90. The number of pyridine rings is 1. The molecule has 49 heavy (non-hydrogen) atoms. The van der Waals surface area contributed by atoms with Crippen LogP contribution in [0.1, 0.15) is 118 Å². The first-order chi connectivity index (χ1) is 22.8. The van der Waals surface area contributed by atoms with Gasteiger partial charge in [0.05, 0.1) is 0 Å². The first-order valence-electron chi connectivity index (χ1n) is 17.7. The van der Waals surface area contributed by atoms with Gasteiger partial charge in [0.15, 0.2) is 5.78 Å². The molecule has 0 fully saturated rings. The number of aliphatic hydroxyl groups excluding tert-OH is 1. The Morgan fingerprint density at radius 3 is 2.22 bits per heavy atom. The van der Waals surface area contributed by atoms with Gasteiger partial charge in [0.1, 0.15) is 5.76 Å². The predicted molar refractivity (Wildman–Crippen MR) is 206 cm³/mol. The maximum Gasteiger partial charge on any atom is 0.164 e. The number of hydrogen-bond donors (Lipinski definition) is 1. The molecular weight excluding hydrogens is 799 g/mol. The van der Waals surface area contributed by atoms with Gasteiger partial charge in [-0.05, 0) is 87.0 Å². The summed E-state index contributed by atoms with van der Waals surface area (Å²) in [5, 5.41) is 14.0. The van der Waals surface area contributed by atoms with Crippen LogP contribution in [0.25, 0.3) is 42.6 Å². The van der Waals surface area contributed by atoms with E-state index < -0.39 is 0 Å². The van der Waals surface area contributed by atoms with Crippen molar-refractivity contribution in [1.82, 2.24) is 4.98 Å². The molecule has 0 amide bonds. The van der Waals surface area contributed by atoms with Crippen molar-refractivity contribution in [3.8, 4) is 21.7 Å². The van der Waals surface area contributed by atoms with Crippen molar-refractivity contribution in [3.63, 3.8) is 0 Å². The molecule has 0 aliphatic heterocycles. The van der Waals surface area contributed by atoms with Crippen LogP contribution < -0.4 is 0 Å². The molecule has 0 spiro atoms. The van der Waals surface area contributed by atoms with E-state index in [1.54, 1.807) is 0 Å². The van der Waals surface area contributed by atoms with E-state index in [0.717, 1.165) is 36.9 Å². The molecule has 0 saturated carbocycles. The molecule has 0 atom stereocenters.